The van der Waals surface area contributed by atoms with Crippen LogP contribution in [0, 0.1) is 5.92 Å². The second kappa shape index (κ2) is 6.06. The number of aromatic nitrogens is 1. The van der Waals surface area contributed by atoms with Crippen molar-refractivity contribution in [3.05, 3.63) is 28.0 Å². The lowest BCUT2D eigenvalue weighted by Gasteiger charge is -2.07. The van der Waals surface area contributed by atoms with Gasteiger partial charge < -0.3 is 4.74 Å². The van der Waals surface area contributed by atoms with Crippen LogP contribution in [0.3, 0.4) is 0 Å². The molecule has 1 rings (SSSR count). The average molecular weight is 262 g/mol. The Labute approximate surface area is 105 Å². The molecule has 0 spiro atoms. The van der Waals surface area contributed by atoms with Crippen LogP contribution in [0.1, 0.15) is 30.8 Å². The number of nitrogens with zero attached hydrogens (tertiary/aromatic N) is 1. The lowest BCUT2D eigenvalue weighted by molar-refractivity contribution is 0.0481. The predicted octanol–water partition coefficient (Wildman–Crippen LogP) is 3.59. The third kappa shape index (κ3) is 3.99. The second-order valence-corrected chi connectivity index (χ2v) is 4.58. The minimum absolute atomic E-state index is 0.0675. The summed E-state index contributed by atoms with van der Waals surface area (Å²) >= 11 is 11.5. The number of esters is 1. The van der Waals surface area contributed by atoms with Crippen molar-refractivity contribution in [2.75, 3.05) is 6.61 Å². The monoisotopic (exact) mass is 261 g/mol. The van der Waals surface area contributed by atoms with Gasteiger partial charge in [-0.3, -0.25) is 0 Å². The first-order valence-electron chi connectivity index (χ1n) is 5.00. The van der Waals surface area contributed by atoms with Gasteiger partial charge in [-0.25, -0.2) is 9.78 Å². The van der Waals surface area contributed by atoms with Crippen LogP contribution < -0.4 is 0 Å². The van der Waals surface area contributed by atoms with Crippen molar-refractivity contribution in [2.45, 2.75) is 20.3 Å². The second-order valence-electron chi connectivity index (χ2n) is 3.78. The Balaban J connectivity index is 2.62. The fourth-order valence-corrected chi connectivity index (χ4v) is 1.35. The molecule has 0 atom stereocenters. The van der Waals surface area contributed by atoms with Crippen LogP contribution in [0.15, 0.2) is 12.1 Å². The highest BCUT2D eigenvalue weighted by Gasteiger charge is 2.14. The Morgan fingerprint density at radius 3 is 2.75 bits per heavy atom. The van der Waals surface area contributed by atoms with Gasteiger partial charge in [0.25, 0.3) is 0 Å². The normalized spacial score (nSPS) is 10.6. The summed E-state index contributed by atoms with van der Waals surface area (Å²) in [5, 5.41) is 0.471. The molecule has 0 amide bonds. The maximum absolute atomic E-state index is 11.6. The number of hydrogen-bond acceptors (Lipinski definition) is 3. The first kappa shape index (κ1) is 13.3. The Morgan fingerprint density at radius 2 is 2.12 bits per heavy atom. The molecule has 0 N–H and O–H groups in total. The summed E-state index contributed by atoms with van der Waals surface area (Å²) in [4.78, 5) is 15.4. The van der Waals surface area contributed by atoms with E-state index in [9.17, 15) is 4.79 Å². The van der Waals surface area contributed by atoms with Crippen molar-refractivity contribution in [3.63, 3.8) is 0 Å². The van der Waals surface area contributed by atoms with E-state index < -0.39 is 5.97 Å². The third-order valence-corrected chi connectivity index (χ3v) is 2.45. The molecule has 5 heteroatoms. The van der Waals surface area contributed by atoms with Gasteiger partial charge in [0.2, 0.25) is 0 Å². The van der Waals surface area contributed by atoms with Crippen LogP contribution in [0.4, 0.5) is 0 Å². The Hall–Kier alpha value is -0.800. The standard InChI is InChI=1S/C11H13Cl2NO2/c1-7(2)5-6-16-11(15)10-8(12)3-4-9(13)14-10/h3-4,7H,5-6H2,1-2H3. The number of carbonyl (C=O) groups excluding carboxylic acids is 1. The van der Waals surface area contributed by atoms with Gasteiger partial charge in [-0.15, -0.1) is 0 Å². The topological polar surface area (TPSA) is 39.2 Å². The molecule has 0 aliphatic heterocycles. The molecule has 0 unspecified atom stereocenters. The van der Waals surface area contributed by atoms with Crippen molar-refractivity contribution in [1.82, 2.24) is 4.98 Å². The van der Waals surface area contributed by atoms with Crippen molar-refractivity contribution in [3.8, 4) is 0 Å². The van der Waals surface area contributed by atoms with Crippen LogP contribution in [-0.4, -0.2) is 17.6 Å². The van der Waals surface area contributed by atoms with E-state index in [1.54, 1.807) is 0 Å². The molecule has 1 aromatic heterocycles. The number of hydrogen-bond donors (Lipinski definition) is 0. The molecule has 0 saturated carbocycles. The summed E-state index contributed by atoms with van der Waals surface area (Å²) in [6.45, 7) is 4.47. The van der Waals surface area contributed by atoms with Crippen LogP contribution in [-0.2, 0) is 4.74 Å². The minimum Gasteiger partial charge on any atom is -0.461 e. The van der Waals surface area contributed by atoms with Gasteiger partial charge in [0.1, 0.15) is 5.15 Å². The molecule has 0 fully saturated rings. The summed E-state index contributed by atoms with van der Waals surface area (Å²) < 4.78 is 5.03. The maximum atomic E-state index is 11.6. The molecule has 0 radical (unpaired) electrons. The number of pyridine rings is 1. The van der Waals surface area contributed by atoms with Crippen LogP contribution in [0.2, 0.25) is 10.2 Å². The third-order valence-electron chi connectivity index (χ3n) is 1.93. The van der Waals surface area contributed by atoms with Crippen LogP contribution in [0.25, 0.3) is 0 Å². The summed E-state index contributed by atoms with van der Waals surface area (Å²) in [6.07, 6.45) is 0.809. The largest absolute Gasteiger partial charge is 0.461 e. The Kier molecular flexibility index (Phi) is 5.03. The molecule has 1 heterocycles. The Bertz CT molecular complexity index is 380. The van der Waals surface area contributed by atoms with Crippen molar-refractivity contribution in [2.24, 2.45) is 5.92 Å². The fourth-order valence-electron chi connectivity index (χ4n) is 1.02. The van der Waals surface area contributed by atoms with Gasteiger partial charge in [0, 0.05) is 0 Å². The van der Waals surface area contributed by atoms with Crippen molar-refractivity contribution in [1.29, 1.82) is 0 Å². The average Bonchev–Trinajstić information content (AvgIpc) is 2.21. The molecule has 0 aliphatic carbocycles. The zero-order valence-corrected chi connectivity index (χ0v) is 10.7. The van der Waals surface area contributed by atoms with Crippen LogP contribution >= 0.6 is 23.2 Å². The molecule has 0 aromatic carbocycles. The highest BCUT2D eigenvalue weighted by Crippen LogP contribution is 2.17. The van der Waals surface area contributed by atoms with E-state index in [0.29, 0.717) is 12.5 Å². The van der Waals surface area contributed by atoms with E-state index in [1.807, 2.05) is 0 Å². The van der Waals surface area contributed by atoms with Gasteiger partial charge in [-0.2, -0.15) is 0 Å². The molecular formula is C11H13Cl2NO2. The number of ether oxygens (including phenoxy) is 1. The van der Waals surface area contributed by atoms with E-state index in [0.717, 1.165) is 6.42 Å². The van der Waals surface area contributed by atoms with Gasteiger partial charge in [0.15, 0.2) is 5.69 Å². The van der Waals surface area contributed by atoms with Gasteiger partial charge in [-0.05, 0) is 24.5 Å². The van der Waals surface area contributed by atoms with E-state index in [4.69, 9.17) is 27.9 Å². The Morgan fingerprint density at radius 1 is 1.44 bits per heavy atom. The van der Waals surface area contributed by atoms with Crippen molar-refractivity contribution < 1.29 is 9.53 Å². The lowest BCUT2D eigenvalue weighted by Crippen LogP contribution is -2.10. The molecule has 88 valence electrons. The van der Waals surface area contributed by atoms with E-state index in [2.05, 4.69) is 18.8 Å². The van der Waals surface area contributed by atoms with E-state index in [1.165, 1.54) is 12.1 Å². The van der Waals surface area contributed by atoms with Gasteiger partial charge in [-0.1, -0.05) is 37.0 Å². The summed E-state index contributed by atoms with van der Waals surface area (Å²) in [5.74, 6) is -0.0521. The first-order valence-corrected chi connectivity index (χ1v) is 5.75. The molecule has 0 aliphatic rings. The van der Waals surface area contributed by atoms with E-state index >= 15 is 0 Å². The number of halogens is 2. The molecule has 0 saturated heterocycles. The minimum atomic E-state index is -0.534. The number of carbonyl (C=O) groups is 1. The maximum Gasteiger partial charge on any atom is 0.358 e. The molecule has 1 aromatic rings. The fraction of sp³-hybridized carbons (Fsp3) is 0.455. The highest BCUT2D eigenvalue weighted by atomic mass is 35.5. The molecule has 16 heavy (non-hydrogen) atoms. The molecule has 3 nitrogen and oxygen atoms in total. The SMILES string of the molecule is CC(C)CCOC(=O)c1nc(Cl)ccc1Cl. The predicted molar refractivity (Wildman–Crippen MR) is 64.0 cm³/mol. The zero-order chi connectivity index (χ0) is 12.1. The van der Waals surface area contributed by atoms with E-state index in [-0.39, 0.29) is 15.9 Å². The quantitative estimate of drug-likeness (QED) is 0.614. The van der Waals surface area contributed by atoms with Crippen molar-refractivity contribution >= 4 is 29.2 Å². The molecule has 0 bridgehead atoms. The summed E-state index contributed by atoms with van der Waals surface area (Å²) in [6, 6.07) is 3.05. The summed E-state index contributed by atoms with van der Waals surface area (Å²) in [5.41, 5.74) is 0.0675. The van der Waals surface area contributed by atoms with Crippen LogP contribution in [0.5, 0.6) is 0 Å². The first-order chi connectivity index (χ1) is 7.50. The highest BCUT2D eigenvalue weighted by molar-refractivity contribution is 6.34. The lowest BCUT2D eigenvalue weighted by atomic mass is 10.1. The zero-order valence-electron chi connectivity index (χ0n) is 9.17. The smallest absolute Gasteiger partial charge is 0.358 e. The molecular weight excluding hydrogens is 249 g/mol. The number of rotatable bonds is 4. The van der Waals surface area contributed by atoms with Gasteiger partial charge in [0.05, 0.1) is 11.6 Å². The van der Waals surface area contributed by atoms with Gasteiger partial charge >= 0.3 is 5.97 Å². The summed E-state index contributed by atoms with van der Waals surface area (Å²) in [7, 11) is 0.